The molecule has 2 aromatic carbocycles. The minimum Gasteiger partial charge on any atom is -0.368 e. The molecule has 1 aromatic heterocycles. The first-order valence-electron chi connectivity index (χ1n) is 7.23. The Hall–Kier alpha value is -2.91. The lowest BCUT2D eigenvalue weighted by atomic mass is 10.1. The molecule has 0 aliphatic carbocycles. The molecule has 1 heterocycles. The number of nitrogens with one attached hydrogen (secondary N) is 1. The Bertz CT molecular complexity index is 929. The third kappa shape index (κ3) is 3.53. The summed E-state index contributed by atoms with van der Waals surface area (Å²) in [6.07, 6.45) is 0. The van der Waals surface area contributed by atoms with Gasteiger partial charge in [-0.15, -0.1) is 0 Å². The Morgan fingerprint density at radius 1 is 1.08 bits per heavy atom. The zero-order valence-electron chi connectivity index (χ0n) is 12.9. The Morgan fingerprint density at radius 3 is 2.54 bits per heavy atom. The van der Waals surface area contributed by atoms with Crippen molar-refractivity contribution >= 4 is 33.4 Å². The van der Waals surface area contributed by atoms with E-state index in [0.29, 0.717) is 11.4 Å². The van der Waals surface area contributed by atoms with E-state index in [2.05, 4.69) is 37.3 Å². The highest BCUT2D eigenvalue weighted by Gasteiger charge is 2.08. The first-order chi connectivity index (χ1) is 11.5. The molecule has 0 saturated heterocycles. The number of nitrogens with two attached hydrogens (primary N) is 1. The second kappa shape index (κ2) is 6.69. The molecular weight excluding hydrogens is 366 g/mol. The van der Waals surface area contributed by atoms with E-state index in [1.165, 1.54) is 0 Å². The van der Waals surface area contributed by atoms with E-state index in [-0.39, 0.29) is 5.95 Å². The van der Waals surface area contributed by atoms with Crippen molar-refractivity contribution in [1.29, 1.82) is 5.26 Å². The van der Waals surface area contributed by atoms with Crippen molar-refractivity contribution < 1.29 is 0 Å². The molecule has 0 saturated carbocycles. The van der Waals surface area contributed by atoms with Crippen LogP contribution >= 0.6 is 15.9 Å². The SMILES string of the molecule is Cc1ccc(Br)cc1-c1cc(Nc2ccc(C#N)cc2)nc(N)n1. The summed E-state index contributed by atoms with van der Waals surface area (Å²) in [6, 6.07) is 17.1. The zero-order valence-corrected chi connectivity index (χ0v) is 14.5. The number of anilines is 3. The maximum Gasteiger partial charge on any atom is 0.222 e. The molecule has 0 bridgehead atoms. The Labute approximate surface area is 148 Å². The minimum absolute atomic E-state index is 0.197. The molecule has 24 heavy (non-hydrogen) atoms. The highest BCUT2D eigenvalue weighted by Crippen LogP contribution is 2.28. The molecule has 0 aliphatic heterocycles. The monoisotopic (exact) mass is 379 g/mol. The molecule has 118 valence electrons. The van der Waals surface area contributed by atoms with Crippen molar-refractivity contribution in [3.8, 4) is 17.3 Å². The van der Waals surface area contributed by atoms with Crippen molar-refractivity contribution in [3.63, 3.8) is 0 Å². The number of hydrogen-bond acceptors (Lipinski definition) is 5. The van der Waals surface area contributed by atoms with Crippen LogP contribution in [0.2, 0.25) is 0 Å². The number of halogens is 1. The second-order valence-electron chi connectivity index (χ2n) is 5.27. The molecule has 3 rings (SSSR count). The summed E-state index contributed by atoms with van der Waals surface area (Å²) in [7, 11) is 0. The van der Waals surface area contributed by atoms with E-state index >= 15 is 0 Å². The van der Waals surface area contributed by atoms with Crippen LogP contribution in [0.1, 0.15) is 11.1 Å². The Kier molecular flexibility index (Phi) is 4.45. The number of aryl methyl sites for hydroxylation is 1. The maximum absolute atomic E-state index is 8.85. The van der Waals surface area contributed by atoms with Crippen molar-refractivity contribution in [2.24, 2.45) is 0 Å². The topological polar surface area (TPSA) is 87.6 Å². The molecule has 3 aromatic rings. The molecule has 0 fully saturated rings. The van der Waals surface area contributed by atoms with Gasteiger partial charge in [0.1, 0.15) is 5.82 Å². The summed E-state index contributed by atoms with van der Waals surface area (Å²) in [6.45, 7) is 2.02. The molecular formula is C18H14BrN5. The molecule has 5 nitrogen and oxygen atoms in total. The average molecular weight is 380 g/mol. The van der Waals surface area contributed by atoms with E-state index in [0.717, 1.165) is 27.0 Å². The van der Waals surface area contributed by atoms with Crippen LogP contribution in [0.4, 0.5) is 17.5 Å². The van der Waals surface area contributed by atoms with Crippen LogP contribution in [-0.2, 0) is 0 Å². The molecule has 6 heteroatoms. The van der Waals surface area contributed by atoms with E-state index in [1.54, 1.807) is 12.1 Å². The smallest absolute Gasteiger partial charge is 0.222 e. The summed E-state index contributed by atoms with van der Waals surface area (Å²) in [4.78, 5) is 8.57. The normalized spacial score (nSPS) is 10.2. The quantitative estimate of drug-likeness (QED) is 0.703. The second-order valence-corrected chi connectivity index (χ2v) is 6.19. The highest BCUT2D eigenvalue weighted by atomic mass is 79.9. The lowest BCUT2D eigenvalue weighted by Gasteiger charge is -2.10. The number of nitriles is 1. The van der Waals surface area contributed by atoms with Gasteiger partial charge in [0.25, 0.3) is 0 Å². The summed E-state index contributed by atoms with van der Waals surface area (Å²) in [5.41, 5.74) is 10.1. The third-order valence-corrected chi connectivity index (χ3v) is 4.00. The van der Waals surface area contributed by atoms with Gasteiger partial charge in [0, 0.05) is 21.8 Å². The third-order valence-electron chi connectivity index (χ3n) is 3.51. The number of rotatable bonds is 3. The van der Waals surface area contributed by atoms with Gasteiger partial charge in [0.05, 0.1) is 17.3 Å². The van der Waals surface area contributed by atoms with Crippen molar-refractivity contribution in [1.82, 2.24) is 9.97 Å². The van der Waals surface area contributed by atoms with Crippen LogP contribution < -0.4 is 11.1 Å². The standard InChI is InChI=1S/C18H14BrN5/c1-11-2-5-13(19)8-15(11)16-9-17(24-18(21)23-16)22-14-6-3-12(10-20)4-7-14/h2-9H,1H3,(H3,21,22,23,24). The van der Waals surface area contributed by atoms with Crippen molar-refractivity contribution in [3.05, 3.63) is 64.1 Å². The highest BCUT2D eigenvalue weighted by molar-refractivity contribution is 9.10. The lowest BCUT2D eigenvalue weighted by molar-refractivity contribution is 1.18. The predicted molar refractivity (Wildman–Crippen MR) is 98.8 cm³/mol. The van der Waals surface area contributed by atoms with Crippen LogP contribution in [-0.4, -0.2) is 9.97 Å². The van der Waals surface area contributed by atoms with Crippen molar-refractivity contribution in [2.75, 3.05) is 11.1 Å². The van der Waals surface area contributed by atoms with Gasteiger partial charge in [-0.3, -0.25) is 0 Å². The fraction of sp³-hybridized carbons (Fsp3) is 0.0556. The van der Waals surface area contributed by atoms with Gasteiger partial charge in [-0.25, -0.2) is 4.98 Å². The molecule has 0 atom stereocenters. The summed E-state index contributed by atoms with van der Waals surface area (Å²) in [5, 5.41) is 12.0. The summed E-state index contributed by atoms with van der Waals surface area (Å²) < 4.78 is 0.974. The molecule has 0 spiro atoms. The van der Waals surface area contributed by atoms with E-state index < -0.39 is 0 Å². The fourth-order valence-electron chi connectivity index (χ4n) is 2.31. The van der Waals surface area contributed by atoms with Gasteiger partial charge in [-0.2, -0.15) is 10.2 Å². The average Bonchev–Trinajstić information content (AvgIpc) is 2.57. The Morgan fingerprint density at radius 2 is 1.83 bits per heavy atom. The largest absolute Gasteiger partial charge is 0.368 e. The van der Waals surface area contributed by atoms with Gasteiger partial charge >= 0.3 is 0 Å². The van der Waals surface area contributed by atoms with Gasteiger partial charge < -0.3 is 11.1 Å². The molecule has 0 unspecified atom stereocenters. The molecule has 3 N–H and O–H groups in total. The van der Waals surface area contributed by atoms with Crippen LogP contribution in [0.25, 0.3) is 11.3 Å². The van der Waals surface area contributed by atoms with Crippen LogP contribution in [0.5, 0.6) is 0 Å². The zero-order chi connectivity index (χ0) is 17.1. The molecule has 0 amide bonds. The van der Waals surface area contributed by atoms with E-state index in [1.807, 2.05) is 43.3 Å². The number of aromatic nitrogens is 2. The van der Waals surface area contributed by atoms with Gasteiger partial charge in [-0.05, 0) is 48.9 Å². The lowest BCUT2D eigenvalue weighted by Crippen LogP contribution is -2.02. The van der Waals surface area contributed by atoms with Crippen LogP contribution in [0.3, 0.4) is 0 Å². The van der Waals surface area contributed by atoms with Crippen molar-refractivity contribution in [2.45, 2.75) is 6.92 Å². The fourth-order valence-corrected chi connectivity index (χ4v) is 2.68. The van der Waals surface area contributed by atoms with E-state index in [9.17, 15) is 0 Å². The maximum atomic E-state index is 8.85. The minimum atomic E-state index is 0.197. The molecule has 0 radical (unpaired) electrons. The van der Waals surface area contributed by atoms with E-state index in [4.69, 9.17) is 11.0 Å². The van der Waals surface area contributed by atoms with Crippen LogP contribution in [0.15, 0.2) is 53.0 Å². The number of nitrogens with zero attached hydrogens (tertiary/aromatic N) is 3. The first-order valence-corrected chi connectivity index (χ1v) is 8.03. The first kappa shape index (κ1) is 16.0. The summed E-state index contributed by atoms with van der Waals surface area (Å²) in [5.74, 6) is 0.796. The van der Waals surface area contributed by atoms with Crippen LogP contribution in [0, 0.1) is 18.3 Å². The van der Waals surface area contributed by atoms with Gasteiger partial charge in [0.15, 0.2) is 0 Å². The summed E-state index contributed by atoms with van der Waals surface area (Å²) >= 11 is 3.48. The number of benzene rings is 2. The Balaban J connectivity index is 1.96. The molecule has 0 aliphatic rings. The number of hydrogen-bond donors (Lipinski definition) is 2. The predicted octanol–water partition coefficient (Wildman–Crippen LogP) is 4.41. The van der Waals surface area contributed by atoms with Gasteiger partial charge in [-0.1, -0.05) is 22.0 Å². The number of nitrogen functional groups attached to an aromatic ring is 1. The van der Waals surface area contributed by atoms with Gasteiger partial charge in [0.2, 0.25) is 5.95 Å².